The molecule has 0 spiro atoms. The Balaban J connectivity index is 2.17. The Morgan fingerprint density at radius 1 is 1.44 bits per heavy atom. The molecule has 2 rings (SSSR count). The van der Waals surface area contributed by atoms with Gasteiger partial charge in [-0.25, -0.2) is 4.79 Å². The number of benzene rings is 1. The van der Waals surface area contributed by atoms with Crippen LogP contribution in [0.5, 0.6) is 0 Å². The van der Waals surface area contributed by atoms with Gasteiger partial charge in [0.2, 0.25) is 0 Å². The molecule has 4 nitrogen and oxygen atoms in total. The summed E-state index contributed by atoms with van der Waals surface area (Å²) in [5.74, 6) is -1.02. The molecular formula is C11H9ClN2O2. The van der Waals surface area contributed by atoms with E-state index in [4.69, 9.17) is 16.7 Å². The average molecular weight is 237 g/mol. The summed E-state index contributed by atoms with van der Waals surface area (Å²) < 4.78 is 1.56. The van der Waals surface area contributed by atoms with Gasteiger partial charge in [-0.05, 0) is 23.8 Å². The first-order chi connectivity index (χ1) is 7.65. The molecule has 0 bridgehead atoms. The number of carboxylic acids is 1. The third-order valence-corrected chi connectivity index (χ3v) is 2.33. The molecule has 82 valence electrons. The van der Waals surface area contributed by atoms with Gasteiger partial charge in [0.25, 0.3) is 0 Å². The number of aromatic carboxylic acids is 1. The highest BCUT2D eigenvalue weighted by atomic mass is 35.5. The average Bonchev–Trinajstić information content (AvgIpc) is 2.66. The molecule has 0 aliphatic heterocycles. The quantitative estimate of drug-likeness (QED) is 0.890. The Morgan fingerprint density at radius 2 is 2.25 bits per heavy atom. The summed E-state index contributed by atoms with van der Waals surface area (Å²) in [6.07, 6.45) is 1.63. The molecule has 0 aliphatic carbocycles. The fourth-order valence-corrected chi connectivity index (χ4v) is 1.60. The summed E-state index contributed by atoms with van der Waals surface area (Å²) in [5.41, 5.74) is 1.02. The number of hydrogen-bond donors (Lipinski definition) is 1. The normalized spacial score (nSPS) is 10.3. The van der Waals surface area contributed by atoms with E-state index in [-0.39, 0.29) is 5.69 Å². The first-order valence-corrected chi connectivity index (χ1v) is 5.04. The molecular weight excluding hydrogens is 228 g/mol. The highest BCUT2D eigenvalue weighted by Crippen LogP contribution is 2.11. The van der Waals surface area contributed by atoms with Crippen molar-refractivity contribution in [1.82, 2.24) is 9.78 Å². The van der Waals surface area contributed by atoms with Crippen LogP contribution in [0.25, 0.3) is 0 Å². The van der Waals surface area contributed by atoms with Gasteiger partial charge in [-0.3, -0.25) is 4.68 Å². The lowest BCUT2D eigenvalue weighted by Gasteiger charge is -2.01. The number of rotatable bonds is 3. The SMILES string of the molecule is O=C(O)c1ccn(Cc2cccc(Cl)c2)n1. The number of carbonyl (C=O) groups is 1. The van der Waals surface area contributed by atoms with Gasteiger partial charge >= 0.3 is 5.97 Å². The second kappa shape index (κ2) is 4.37. The Hall–Kier alpha value is -1.81. The van der Waals surface area contributed by atoms with Gasteiger partial charge in [0.05, 0.1) is 6.54 Å². The standard InChI is InChI=1S/C11H9ClN2O2/c12-9-3-1-2-8(6-9)7-14-5-4-10(13-14)11(15)16/h1-6H,7H2,(H,15,16). The maximum Gasteiger partial charge on any atom is 0.356 e. The van der Waals surface area contributed by atoms with Crippen LogP contribution in [0.2, 0.25) is 5.02 Å². The van der Waals surface area contributed by atoms with E-state index in [0.29, 0.717) is 11.6 Å². The zero-order valence-electron chi connectivity index (χ0n) is 8.30. The first kappa shape index (κ1) is 10.7. The largest absolute Gasteiger partial charge is 0.476 e. The second-order valence-electron chi connectivity index (χ2n) is 3.33. The number of hydrogen-bond acceptors (Lipinski definition) is 2. The zero-order valence-corrected chi connectivity index (χ0v) is 9.05. The van der Waals surface area contributed by atoms with Crippen molar-refractivity contribution in [3.8, 4) is 0 Å². The summed E-state index contributed by atoms with van der Waals surface area (Å²) in [5, 5.41) is 13.3. The summed E-state index contributed by atoms with van der Waals surface area (Å²) in [6, 6.07) is 8.83. The van der Waals surface area contributed by atoms with Crippen LogP contribution < -0.4 is 0 Å². The van der Waals surface area contributed by atoms with Crippen molar-refractivity contribution in [1.29, 1.82) is 0 Å². The van der Waals surface area contributed by atoms with E-state index in [1.165, 1.54) is 6.07 Å². The molecule has 5 heteroatoms. The number of nitrogens with zero attached hydrogens (tertiary/aromatic N) is 2. The van der Waals surface area contributed by atoms with E-state index in [0.717, 1.165) is 5.56 Å². The second-order valence-corrected chi connectivity index (χ2v) is 3.77. The van der Waals surface area contributed by atoms with Crippen LogP contribution in [0.3, 0.4) is 0 Å². The van der Waals surface area contributed by atoms with E-state index < -0.39 is 5.97 Å². The van der Waals surface area contributed by atoms with Gasteiger partial charge in [-0.1, -0.05) is 23.7 Å². The van der Waals surface area contributed by atoms with Crippen LogP contribution >= 0.6 is 11.6 Å². The molecule has 1 heterocycles. The van der Waals surface area contributed by atoms with E-state index in [9.17, 15) is 4.79 Å². The molecule has 0 amide bonds. The van der Waals surface area contributed by atoms with E-state index >= 15 is 0 Å². The van der Waals surface area contributed by atoms with Crippen molar-refractivity contribution in [2.45, 2.75) is 6.54 Å². The minimum absolute atomic E-state index is 0.0435. The van der Waals surface area contributed by atoms with Crippen molar-refractivity contribution >= 4 is 17.6 Å². The fourth-order valence-electron chi connectivity index (χ4n) is 1.39. The topological polar surface area (TPSA) is 55.1 Å². The van der Waals surface area contributed by atoms with Crippen LogP contribution in [-0.4, -0.2) is 20.9 Å². The predicted molar refractivity (Wildman–Crippen MR) is 59.7 cm³/mol. The maximum atomic E-state index is 10.6. The Kier molecular flexibility index (Phi) is 2.92. The lowest BCUT2D eigenvalue weighted by molar-refractivity contribution is 0.0689. The summed E-state index contributed by atoms with van der Waals surface area (Å²) in [6.45, 7) is 0.508. The van der Waals surface area contributed by atoms with Gasteiger partial charge < -0.3 is 5.11 Å². The third-order valence-electron chi connectivity index (χ3n) is 2.09. The molecule has 1 aromatic heterocycles. The summed E-state index contributed by atoms with van der Waals surface area (Å²) in [4.78, 5) is 10.6. The third kappa shape index (κ3) is 2.41. The molecule has 0 fully saturated rings. The van der Waals surface area contributed by atoms with Crippen LogP contribution in [0.4, 0.5) is 0 Å². The molecule has 1 N–H and O–H groups in total. The molecule has 0 saturated carbocycles. The monoisotopic (exact) mass is 236 g/mol. The summed E-state index contributed by atoms with van der Waals surface area (Å²) >= 11 is 5.84. The number of aromatic nitrogens is 2. The maximum absolute atomic E-state index is 10.6. The van der Waals surface area contributed by atoms with Crippen LogP contribution in [0.15, 0.2) is 36.5 Å². The molecule has 2 aromatic rings. The smallest absolute Gasteiger partial charge is 0.356 e. The van der Waals surface area contributed by atoms with Gasteiger partial charge in [-0.2, -0.15) is 5.10 Å². The number of carboxylic acid groups (broad SMARTS) is 1. The highest BCUT2D eigenvalue weighted by Gasteiger charge is 2.06. The number of halogens is 1. The van der Waals surface area contributed by atoms with Crippen LogP contribution in [0.1, 0.15) is 16.1 Å². The lowest BCUT2D eigenvalue weighted by atomic mass is 10.2. The predicted octanol–water partition coefficient (Wildman–Crippen LogP) is 2.28. The highest BCUT2D eigenvalue weighted by molar-refractivity contribution is 6.30. The van der Waals surface area contributed by atoms with Crippen molar-refractivity contribution in [2.75, 3.05) is 0 Å². The van der Waals surface area contributed by atoms with Gasteiger partial charge in [0.15, 0.2) is 5.69 Å². The zero-order chi connectivity index (χ0) is 11.5. The van der Waals surface area contributed by atoms with Crippen LogP contribution in [0, 0.1) is 0 Å². The molecule has 0 atom stereocenters. The summed E-state index contributed by atoms with van der Waals surface area (Å²) in [7, 11) is 0. The minimum Gasteiger partial charge on any atom is -0.476 e. The Bertz CT molecular complexity index is 522. The Labute approximate surface area is 97.1 Å². The lowest BCUT2D eigenvalue weighted by Crippen LogP contribution is -2.03. The van der Waals surface area contributed by atoms with Crippen molar-refractivity contribution in [3.05, 3.63) is 52.8 Å². The van der Waals surface area contributed by atoms with Crippen molar-refractivity contribution < 1.29 is 9.90 Å². The first-order valence-electron chi connectivity index (χ1n) is 4.66. The van der Waals surface area contributed by atoms with E-state index in [2.05, 4.69) is 5.10 Å². The Morgan fingerprint density at radius 3 is 2.88 bits per heavy atom. The van der Waals surface area contributed by atoms with Crippen molar-refractivity contribution in [3.63, 3.8) is 0 Å². The molecule has 1 aromatic carbocycles. The van der Waals surface area contributed by atoms with E-state index in [1.54, 1.807) is 16.9 Å². The van der Waals surface area contributed by atoms with Gasteiger partial charge in [-0.15, -0.1) is 0 Å². The molecule has 0 radical (unpaired) electrons. The van der Waals surface area contributed by atoms with Crippen molar-refractivity contribution in [2.24, 2.45) is 0 Å². The van der Waals surface area contributed by atoms with Crippen LogP contribution in [-0.2, 0) is 6.54 Å². The van der Waals surface area contributed by atoms with Gasteiger partial charge in [0, 0.05) is 11.2 Å². The minimum atomic E-state index is -1.02. The molecule has 0 saturated heterocycles. The van der Waals surface area contributed by atoms with E-state index in [1.807, 2.05) is 18.2 Å². The van der Waals surface area contributed by atoms with Gasteiger partial charge in [0.1, 0.15) is 0 Å². The molecule has 0 unspecified atom stereocenters. The molecule has 16 heavy (non-hydrogen) atoms. The molecule has 0 aliphatic rings. The fraction of sp³-hybridized carbons (Fsp3) is 0.0909.